The molecule has 1 rings (SSSR count). The van der Waals surface area contributed by atoms with E-state index in [1.54, 1.807) is 0 Å². The van der Waals surface area contributed by atoms with Crippen LogP contribution in [0, 0.1) is 0 Å². The first-order valence-electron chi connectivity index (χ1n) is 3.49. The number of carbonyl (C=O) groups is 1. The molecule has 0 atom stereocenters. The van der Waals surface area contributed by atoms with Crippen LogP contribution in [0.15, 0.2) is 6.20 Å². The number of amides is 1. The van der Waals surface area contributed by atoms with Gasteiger partial charge in [0.25, 0.3) is 5.91 Å². The van der Waals surface area contributed by atoms with Gasteiger partial charge in [-0.25, -0.2) is 0 Å². The minimum Gasteiger partial charge on any atom is -0.382 e. The summed E-state index contributed by atoms with van der Waals surface area (Å²) in [5.41, 5.74) is 9.79. The number of hydrogen-bond acceptors (Lipinski definition) is 3. The molecular weight excluding hydrogens is 201 g/mol. The molecule has 0 saturated heterocycles. The minimum atomic E-state index is -4.41. The van der Waals surface area contributed by atoms with Crippen molar-refractivity contribution in [3.05, 3.63) is 11.8 Å². The van der Waals surface area contributed by atoms with E-state index >= 15 is 0 Å². The Bertz CT molecular complexity index is 356. The normalized spacial score (nSPS) is 11.6. The summed E-state index contributed by atoms with van der Waals surface area (Å²) in [6.07, 6.45) is -3.54. The second-order valence-corrected chi connectivity index (χ2v) is 2.61. The van der Waals surface area contributed by atoms with Crippen LogP contribution in [-0.2, 0) is 6.54 Å². The van der Waals surface area contributed by atoms with Crippen molar-refractivity contribution in [1.29, 1.82) is 0 Å². The quantitative estimate of drug-likeness (QED) is 0.723. The molecule has 0 saturated carbocycles. The average molecular weight is 208 g/mol. The number of anilines is 1. The van der Waals surface area contributed by atoms with E-state index in [4.69, 9.17) is 11.5 Å². The van der Waals surface area contributed by atoms with Crippen molar-refractivity contribution in [2.45, 2.75) is 12.7 Å². The molecule has 5 nitrogen and oxygen atoms in total. The second-order valence-electron chi connectivity index (χ2n) is 2.61. The molecule has 1 aromatic heterocycles. The molecule has 4 N–H and O–H groups in total. The molecule has 1 aromatic rings. The van der Waals surface area contributed by atoms with E-state index in [0.717, 1.165) is 6.20 Å². The zero-order valence-corrected chi connectivity index (χ0v) is 6.88. The molecule has 8 heteroatoms. The van der Waals surface area contributed by atoms with Crippen LogP contribution in [0.25, 0.3) is 0 Å². The molecule has 0 spiro atoms. The van der Waals surface area contributed by atoms with Crippen molar-refractivity contribution in [2.75, 3.05) is 5.73 Å². The smallest absolute Gasteiger partial charge is 0.382 e. The third-order valence-corrected chi connectivity index (χ3v) is 1.40. The van der Waals surface area contributed by atoms with Gasteiger partial charge in [-0.1, -0.05) is 0 Å². The number of halogens is 3. The molecule has 0 aliphatic heterocycles. The largest absolute Gasteiger partial charge is 0.408 e. The second kappa shape index (κ2) is 3.20. The van der Waals surface area contributed by atoms with Crippen molar-refractivity contribution in [2.24, 2.45) is 5.73 Å². The van der Waals surface area contributed by atoms with Gasteiger partial charge in [-0.2, -0.15) is 18.3 Å². The summed E-state index contributed by atoms with van der Waals surface area (Å²) in [5, 5.41) is 3.29. The van der Waals surface area contributed by atoms with Crippen molar-refractivity contribution < 1.29 is 18.0 Å². The first-order valence-corrected chi connectivity index (χ1v) is 3.49. The Labute approximate surface area is 76.5 Å². The number of rotatable bonds is 2. The highest BCUT2D eigenvalue weighted by atomic mass is 19.4. The Morgan fingerprint density at radius 2 is 2.14 bits per heavy atom. The van der Waals surface area contributed by atoms with Gasteiger partial charge in [-0.15, -0.1) is 0 Å². The molecular formula is C6H7F3N4O. The maximum absolute atomic E-state index is 11.9. The van der Waals surface area contributed by atoms with Crippen LogP contribution in [0.5, 0.6) is 0 Å². The third kappa shape index (κ3) is 2.38. The lowest BCUT2D eigenvalue weighted by atomic mass is 10.3. The molecule has 0 aliphatic carbocycles. The van der Waals surface area contributed by atoms with Gasteiger partial charge in [0.15, 0.2) is 5.82 Å². The first-order chi connectivity index (χ1) is 6.29. The standard InChI is InChI=1S/C6H7F3N4O/c7-6(8,9)2-13-1-3(5(11)14)4(10)12-13/h1H,2H2,(H2,10,12)(H2,11,14). The van der Waals surface area contributed by atoms with Crippen LogP contribution in [0.1, 0.15) is 10.4 Å². The lowest BCUT2D eigenvalue weighted by Gasteiger charge is -2.04. The Morgan fingerprint density at radius 1 is 1.57 bits per heavy atom. The van der Waals surface area contributed by atoms with Crippen LogP contribution in [0.2, 0.25) is 0 Å². The van der Waals surface area contributed by atoms with Crippen LogP contribution in [0.4, 0.5) is 19.0 Å². The van der Waals surface area contributed by atoms with Gasteiger partial charge in [0.05, 0.1) is 0 Å². The Kier molecular flexibility index (Phi) is 2.37. The van der Waals surface area contributed by atoms with E-state index in [1.807, 2.05) is 0 Å². The first kappa shape index (κ1) is 10.4. The SMILES string of the molecule is NC(=O)c1cn(CC(F)(F)F)nc1N. The maximum atomic E-state index is 11.9. The van der Waals surface area contributed by atoms with Gasteiger partial charge in [0.1, 0.15) is 12.1 Å². The molecule has 1 heterocycles. The van der Waals surface area contributed by atoms with Gasteiger partial charge in [-0.3, -0.25) is 9.48 Å². The maximum Gasteiger partial charge on any atom is 0.408 e. The summed E-state index contributed by atoms with van der Waals surface area (Å²) in [6.45, 7) is -1.30. The van der Waals surface area contributed by atoms with E-state index in [0.29, 0.717) is 4.68 Å². The summed E-state index contributed by atoms with van der Waals surface area (Å²) < 4.78 is 36.1. The van der Waals surface area contributed by atoms with Crippen LogP contribution >= 0.6 is 0 Å². The monoisotopic (exact) mass is 208 g/mol. The van der Waals surface area contributed by atoms with Crippen molar-refractivity contribution >= 4 is 11.7 Å². The number of alkyl halides is 3. The van der Waals surface area contributed by atoms with E-state index < -0.39 is 18.6 Å². The number of hydrogen-bond donors (Lipinski definition) is 2. The Morgan fingerprint density at radius 3 is 2.50 bits per heavy atom. The Balaban J connectivity index is 2.92. The van der Waals surface area contributed by atoms with Gasteiger partial charge in [0, 0.05) is 6.20 Å². The zero-order chi connectivity index (χ0) is 10.9. The molecule has 0 unspecified atom stereocenters. The molecule has 0 bridgehead atoms. The topological polar surface area (TPSA) is 86.9 Å². The molecule has 1 amide bonds. The van der Waals surface area contributed by atoms with Crippen molar-refractivity contribution in [3.63, 3.8) is 0 Å². The highest BCUT2D eigenvalue weighted by Crippen LogP contribution is 2.18. The van der Waals surface area contributed by atoms with E-state index in [1.165, 1.54) is 0 Å². The van der Waals surface area contributed by atoms with E-state index in [-0.39, 0.29) is 11.4 Å². The third-order valence-electron chi connectivity index (χ3n) is 1.40. The highest BCUT2D eigenvalue weighted by Gasteiger charge is 2.29. The fourth-order valence-corrected chi connectivity index (χ4v) is 0.891. The van der Waals surface area contributed by atoms with Crippen LogP contribution in [0.3, 0.4) is 0 Å². The number of nitrogens with zero attached hydrogens (tertiary/aromatic N) is 2. The summed E-state index contributed by atoms with van der Waals surface area (Å²) in [4.78, 5) is 10.6. The Hall–Kier alpha value is -1.73. The predicted molar refractivity (Wildman–Crippen MR) is 41.2 cm³/mol. The lowest BCUT2D eigenvalue weighted by Crippen LogP contribution is -2.18. The fourth-order valence-electron chi connectivity index (χ4n) is 0.891. The molecule has 0 aromatic carbocycles. The van der Waals surface area contributed by atoms with Crippen molar-refractivity contribution in [1.82, 2.24) is 9.78 Å². The molecule has 14 heavy (non-hydrogen) atoms. The highest BCUT2D eigenvalue weighted by molar-refractivity contribution is 5.96. The summed E-state index contributed by atoms with van der Waals surface area (Å²) >= 11 is 0. The average Bonchev–Trinajstić information content (AvgIpc) is 2.26. The fraction of sp³-hybridized carbons (Fsp3) is 0.333. The number of aromatic nitrogens is 2. The minimum absolute atomic E-state index is 0.214. The van der Waals surface area contributed by atoms with Crippen molar-refractivity contribution in [3.8, 4) is 0 Å². The number of carbonyl (C=O) groups excluding carboxylic acids is 1. The zero-order valence-electron chi connectivity index (χ0n) is 6.88. The lowest BCUT2D eigenvalue weighted by molar-refractivity contribution is -0.142. The summed E-state index contributed by atoms with van der Waals surface area (Å²) in [6, 6.07) is 0. The molecule has 78 valence electrons. The predicted octanol–water partition coefficient (Wildman–Crippen LogP) is 0.126. The number of primary amides is 1. The van der Waals surface area contributed by atoms with E-state index in [9.17, 15) is 18.0 Å². The molecule has 0 aliphatic rings. The van der Waals surface area contributed by atoms with Gasteiger partial charge >= 0.3 is 6.18 Å². The van der Waals surface area contributed by atoms with Crippen LogP contribution in [-0.4, -0.2) is 21.9 Å². The summed E-state index contributed by atoms with van der Waals surface area (Å²) in [7, 11) is 0. The molecule has 0 radical (unpaired) electrons. The van der Waals surface area contributed by atoms with Gasteiger partial charge in [-0.05, 0) is 0 Å². The van der Waals surface area contributed by atoms with Gasteiger partial charge < -0.3 is 11.5 Å². The molecule has 0 fully saturated rings. The number of nitrogen functional groups attached to an aromatic ring is 1. The van der Waals surface area contributed by atoms with E-state index in [2.05, 4.69) is 5.10 Å². The van der Waals surface area contributed by atoms with Crippen LogP contribution < -0.4 is 11.5 Å². The summed E-state index contributed by atoms with van der Waals surface area (Å²) in [5.74, 6) is -1.21. The van der Waals surface area contributed by atoms with Gasteiger partial charge in [0.2, 0.25) is 0 Å². The number of nitrogens with two attached hydrogens (primary N) is 2.